The first kappa shape index (κ1) is 13.1. The fraction of sp³-hybridized carbons (Fsp3) is 0.250. The van der Waals surface area contributed by atoms with Gasteiger partial charge in [0.1, 0.15) is 23.5 Å². The predicted molar refractivity (Wildman–Crippen MR) is 72.5 cm³/mol. The molecule has 0 radical (unpaired) electrons. The van der Waals surface area contributed by atoms with Gasteiger partial charge in [0.05, 0.1) is 0 Å². The highest BCUT2D eigenvalue weighted by Gasteiger charge is 2.27. The summed E-state index contributed by atoms with van der Waals surface area (Å²) in [4.78, 5) is 0. The number of nitrogens with two attached hydrogens (primary N) is 1. The van der Waals surface area contributed by atoms with Gasteiger partial charge in [0.15, 0.2) is 0 Å². The van der Waals surface area contributed by atoms with Crippen LogP contribution < -0.4 is 10.5 Å². The third-order valence-corrected chi connectivity index (χ3v) is 3.56. The summed E-state index contributed by atoms with van der Waals surface area (Å²) in [5, 5.41) is 0. The molecular weight excluding hydrogens is 260 g/mol. The van der Waals surface area contributed by atoms with Gasteiger partial charge in [-0.05, 0) is 30.7 Å². The van der Waals surface area contributed by atoms with E-state index >= 15 is 0 Å². The number of hydrogen-bond donors (Lipinski definition) is 1. The lowest BCUT2D eigenvalue weighted by Gasteiger charge is -2.31. The summed E-state index contributed by atoms with van der Waals surface area (Å²) in [6.45, 7) is 1.99. The van der Waals surface area contributed by atoms with Crippen molar-refractivity contribution in [2.45, 2.75) is 25.5 Å². The summed E-state index contributed by atoms with van der Waals surface area (Å²) < 4.78 is 32.4. The van der Waals surface area contributed by atoms with Crippen LogP contribution in [0.1, 0.15) is 35.3 Å². The van der Waals surface area contributed by atoms with Gasteiger partial charge >= 0.3 is 0 Å². The Morgan fingerprint density at radius 3 is 2.50 bits per heavy atom. The topological polar surface area (TPSA) is 35.2 Å². The summed E-state index contributed by atoms with van der Waals surface area (Å²) in [6.07, 6.45) is 0.0738. The molecule has 1 heterocycles. The molecule has 0 spiro atoms. The molecule has 104 valence electrons. The number of fused-ring (bicyclic) bond motifs is 1. The fourth-order valence-electron chi connectivity index (χ4n) is 2.59. The zero-order chi connectivity index (χ0) is 14.3. The minimum Gasteiger partial charge on any atom is -0.485 e. The molecule has 1 aliphatic rings. The predicted octanol–water partition coefficient (Wildman–Crippen LogP) is 3.80. The van der Waals surface area contributed by atoms with Crippen LogP contribution in [0.4, 0.5) is 8.78 Å². The van der Waals surface area contributed by atoms with Crippen molar-refractivity contribution in [3.05, 3.63) is 64.7 Å². The van der Waals surface area contributed by atoms with Gasteiger partial charge in [0.2, 0.25) is 0 Å². The Balaban J connectivity index is 1.96. The van der Waals surface area contributed by atoms with Crippen molar-refractivity contribution in [1.29, 1.82) is 0 Å². The second-order valence-corrected chi connectivity index (χ2v) is 5.19. The number of hydrogen-bond acceptors (Lipinski definition) is 2. The van der Waals surface area contributed by atoms with E-state index in [2.05, 4.69) is 0 Å². The number of benzene rings is 2. The summed E-state index contributed by atoms with van der Waals surface area (Å²) in [5.74, 6) is -0.525. The lowest BCUT2D eigenvalue weighted by molar-refractivity contribution is 0.160. The van der Waals surface area contributed by atoms with Crippen molar-refractivity contribution in [2.24, 2.45) is 5.73 Å². The van der Waals surface area contributed by atoms with Crippen LogP contribution in [0.15, 0.2) is 36.4 Å². The van der Waals surface area contributed by atoms with Gasteiger partial charge in [-0.3, -0.25) is 0 Å². The van der Waals surface area contributed by atoms with Crippen LogP contribution in [-0.4, -0.2) is 0 Å². The second-order valence-electron chi connectivity index (χ2n) is 5.19. The van der Waals surface area contributed by atoms with E-state index < -0.39 is 17.7 Å². The minimum atomic E-state index is -0.605. The Morgan fingerprint density at radius 1 is 1.10 bits per heavy atom. The average Bonchev–Trinajstić information content (AvgIpc) is 2.38. The lowest BCUT2D eigenvalue weighted by atomic mass is 9.92. The van der Waals surface area contributed by atoms with Gasteiger partial charge in [-0.25, -0.2) is 8.78 Å². The zero-order valence-electron chi connectivity index (χ0n) is 11.1. The van der Waals surface area contributed by atoms with Gasteiger partial charge in [-0.1, -0.05) is 17.7 Å². The molecule has 1 aliphatic heterocycles. The molecule has 2 aromatic rings. The maximum absolute atomic E-state index is 13.3. The first-order valence-electron chi connectivity index (χ1n) is 6.52. The molecule has 0 aliphatic carbocycles. The molecule has 0 fully saturated rings. The van der Waals surface area contributed by atoms with E-state index in [1.807, 2.05) is 25.1 Å². The SMILES string of the molecule is Cc1ccc2c(c1)[C@H](N)CC(c1cc(F)cc(F)c1)O2. The normalized spacial score (nSPS) is 21.2. The molecule has 2 N–H and O–H groups in total. The zero-order valence-corrected chi connectivity index (χ0v) is 11.1. The smallest absolute Gasteiger partial charge is 0.126 e. The number of rotatable bonds is 1. The molecule has 0 bridgehead atoms. The van der Waals surface area contributed by atoms with E-state index in [9.17, 15) is 8.78 Å². The Bertz CT molecular complexity index is 637. The van der Waals surface area contributed by atoms with E-state index in [1.165, 1.54) is 12.1 Å². The molecule has 0 amide bonds. The number of halogens is 2. The van der Waals surface area contributed by atoms with Gasteiger partial charge < -0.3 is 10.5 Å². The van der Waals surface area contributed by atoms with E-state index in [4.69, 9.17) is 10.5 Å². The Kier molecular flexibility index (Phi) is 3.18. The third kappa shape index (κ3) is 2.39. The molecular formula is C16H15F2NO. The first-order valence-corrected chi connectivity index (χ1v) is 6.52. The molecule has 4 heteroatoms. The summed E-state index contributed by atoms with van der Waals surface area (Å²) in [7, 11) is 0. The monoisotopic (exact) mass is 275 g/mol. The van der Waals surface area contributed by atoms with Crippen molar-refractivity contribution in [1.82, 2.24) is 0 Å². The Hall–Kier alpha value is -1.94. The summed E-state index contributed by atoms with van der Waals surface area (Å²) in [5.41, 5.74) is 8.68. The molecule has 0 saturated heterocycles. The summed E-state index contributed by atoms with van der Waals surface area (Å²) in [6, 6.07) is 9.01. The highest BCUT2D eigenvalue weighted by molar-refractivity contribution is 5.41. The first-order chi connectivity index (χ1) is 9.52. The highest BCUT2D eigenvalue weighted by atomic mass is 19.1. The van der Waals surface area contributed by atoms with Crippen LogP contribution in [0.25, 0.3) is 0 Å². The summed E-state index contributed by atoms with van der Waals surface area (Å²) >= 11 is 0. The minimum absolute atomic E-state index is 0.199. The van der Waals surface area contributed by atoms with Crippen LogP contribution in [-0.2, 0) is 0 Å². The average molecular weight is 275 g/mol. The van der Waals surface area contributed by atoms with Crippen LogP contribution >= 0.6 is 0 Å². The van der Waals surface area contributed by atoms with Crippen LogP contribution in [0.3, 0.4) is 0 Å². The van der Waals surface area contributed by atoms with Gasteiger partial charge in [-0.2, -0.15) is 0 Å². The second kappa shape index (κ2) is 4.87. The largest absolute Gasteiger partial charge is 0.485 e. The van der Waals surface area contributed by atoms with Crippen LogP contribution in [0, 0.1) is 18.6 Å². The number of aryl methyl sites for hydroxylation is 1. The van der Waals surface area contributed by atoms with E-state index in [-0.39, 0.29) is 6.04 Å². The van der Waals surface area contributed by atoms with E-state index in [1.54, 1.807) is 0 Å². The van der Waals surface area contributed by atoms with Gasteiger partial charge in [0.25, 0.3) is 0 Å². The molecule has 0 saturated carbocycles. The third-order valence-electron chi connectivity index (χ3n) is 3.56. The van der Waals surface area contributed by atoms with Crippen molar-refractivity contribution >= 4 is 0 Å². The molecule has 1 unspecified atom stereocenters. The highest BCUT2D eigenvalue weighted by Crippen LogP contribution is 2.40. The maximum Gasteiger partial charge on any atom is 0.126 e. The molecule has 3 rings (SSSR count). The Labute approximate surface area is 116 Å². The van der Waals surface area contributed by atoms with Crippen molar-refractivity contribution in [3.8, 4) is 5.75 Å². The van der Waals surface area contributed by atoms with Gasteiger partial charge in [-0.15, -0.1) is 0 Å². The lowest BCUT2D eigenvalue weighted by Crippen LogP contribution is -2.24. The fourth-order valence-corrected chi connectivity index (χ4v) is 2.59. The molecule has 2 nitrogen and oxygen atoms in total. The maximum atomic E-state index is 13.3. The van der Waals surface area contributed by atoms with Gasteiger partial charge in [0, 0.05) is 24.1 Å². The molecule has 2 atom stereocenters. The van der Waals surface area contributed by atoms with E-state index in [0.717, 1.165) is 17.2 Å². The van der Waals surface area contributed by atoms with Crippen LogP contribution in [0.2, 0.25) is 0 Å². The Morgan fingerprint density at radius 2 is 1.80 bits per heavy atom. The van der Waals surface area contributed by atoms with Crippen molar-refractivity contribution in [2.75, 3.05) is 0 Å². The number of ether oxygens (including phenoxy) is 1. The van der Waals surface area contributed by atoms with Crippen LogP contribution in [0.5, 0.6) is 5.75 Å². The standard InChI is InChI=1S/C16H15F2NO/c1-9-2-3-15-13(4-9)14(19)8-16(20-15)10-5-11(17)7-12(18)6-10/h2-7,14,16H,8,19H2,1H3/t14-,16?/m1/s1. The molecule has 20 heavy (non-hydrogen) atoms. The van der Waals surface area contributed by atoms with Crippen molar-refractivity contribution in [3.63, 3.8) is 0 Å². The molecule has 2 aromatic carbocycles. The van der Waals surface area contributed by atoms with E-state index in [0.29, 0.717) is 17.7 Å². The van der Waals surface area contributed by atoms with Crippen molar-refractivity contribution < 1.29 is 13.5 Å². The quantitative estimate of drug-likeness (QED) is 0.859. The molecule has 0 aromatic heterocycles.